The molecule has 0 saturated heterocycles. The molecule has 0 aliphatic carbocycles. The molecule has 4 nitrogen and oxygen atoms in total. The Hall–Kier alpha value is -0.0775. The number of carbonyl (C=O) groups is 1. The van der Waals surface area contributed by atoms with Gasteiger partial charge in [0.25, 0.3) is 0 Å². The van der Waals surface area contributed by atoms with Crippen LogP contribution in [0.4, 0.5) is 0 Å². The molecule has 0 amide bonds. The number of hydrogen-bond acceptors (Lipinski definition) is 4. The Kier molecular flexibility index (Phi) is 35.9. The van der Waals surface area contributed by atoms with Gasteiger partial charge in [0.05, 0.1) is 0 Å². The van der Waals surface area contributed by atoms with Crippen LogP contribution in [0.2, 0.25) is 0 Å². The third-order valence-electron chi connectivity index (χ3n) is 3.98. The van der Waals surface area contributed by atoms with Crippen LogP contribution < -0.4 is 5.11 Å². The summed E-state index contributed by atoms with van der Waals surface area (Å²) in [6.45, 7) is 2.27. The van der Waals surface area contributed by atoms with Gasteiger partial charge in [-0.15, -0.1) is 0 Å². The molecular weight excluding hydrogens is 307 g/mol. The summed E-state index contributed by atoms with van der Waals surface area (Å²) in [4.78, 5) is 10.2. The quantitative estimate of drug-likeness (QED) is 0.308. The topological polar surface area (TPSA) is 100 Å². The summed E-state index contributed by atoms with van der Waals surface area (Å²) in [6, 6.07) is 0. The molecule has 136 valence electrons. The molecule has 0 fully saturated rings. The fourth-order valence-electron chi connectivity index (χ4n) is 2.64. The van der Waals surface area contributed by atoms with Crippen molar-refractivity contribution in [3.63, 3.8) is 0 Å². The van der Waals surface area contributed by atoms with E-state index in [0.717, 1.165) is 12.8 Å². The van der Waals surface area contributed by atoms with E-state index in [9.17, 15) is 9.90 Å². The fraction of sp³-hybridized carbons (Fsp3) is 0.944. The van der Waals surface area contributed by atoms with Crippen LogP contribution >= 0.6 is 0 Å². The molecule has 0 aromatic rings. The Morgan fingerprint density at radius 3 is 1.13 bits per heavy atom. The molecule has 0 aliphatic heterocycles. The van der Waals surface area contributed by atoms with Crippen molar-refractivity contribution in [2.45, 2.75) is 110 Å². The molecule has 5 heteroatoms. The molecule has 0 unspecified atom stereocenters. The molecule has 0 atom stereocenters. The SMILES string of the molecule is CCCCCCCCCCCCCCCCCC(=O)[O-].[Al+3].[OH-].[OH-]. The van der Waals surface area contributed by atoms with Crippen LogP contribution in [-0.2, 0) is 4.79 Å². The zero-order valence-corrected chi connectivity index (χ0v) is 16.3. The summed E-state index contributed by atoms with van der Waals surface area (Å²) in [5.74, 6) is -0.903. The van der Waals surface area contributed by atoms with Crippen LogP contribution in [0.25, 0.3) is 0 Å². The second-order valence-electron chi connectivity index (χ2n) is 6.07. The van der Waals surface area contributed by atoms with Crippen molar-refractivity contribution in [3.8, 4) is 0 Å². The Morgan fingerprint density at radius 2 is 0.870 bits per heavy atom. The second-order valence-corrected chi connectivity index (χ2v) is 6.07. The van der Waals surface area contributed by atoms with Gasteiger partial charge in [-0.1, -0.05) is 96.8 Å². The van der Waals surface area contributed by atoms with Crippen molar-refractivity contribution in [3.05, 3.63) is 0 Å². The maximum Gasteiger partial charge on any atom is 3.00 e. The average molecular weight is 344 g/mol. The molecule has 0 spiro atoms. The van der Waals surface area contributed by atoms with Crippen LogP contribution in [0, 0.1) is 0 Å². The molecule has 0 aliphatic rings. The second kappa shape index (κ2) is 26.8. The van der Waals surface area contributed by atoms with Gasteiger partial charge in [0.2, 0.25) is 0 Å². The van der Waals surface area contributed by atoms with Crippen molar-refractivity contribution >= 4 is 23.3 Å². The average Bonchev–Trinajstić information content (AvgIpc) is 2.43. The number of unbranched alkanes of at least 4 members (excludes halogenated alkanes) is 14. The zero-order valence-electron chi connectivity index (χ0n) is 15.1. The summed E-state index contributed by atoms with van der Waals surface area (Å²) in [6.07, 6.45) is 19.9. The van der Waals surface area contributed by atoms with Gasteiger partial charge in [-0.3, -0.25) is 0 Å². The van der Waals surface area contributed by atoms with E-state index in [1.54, 1.807) is 0 Å². The maximum atomic E-state index is 10.2. The first-order valence-corrected chi connectivity index (χ1v) is 8.97. The number of aliphatic carboxylic acids is 1. The van der Waals surface area contributed by atoms with E-state index in [0.29, 0.717) is 0 Å². The normalized spacial score (nSPS) is 9.43. The molecule has 0 heterocycles. The minimum Gasteiger partial charge on any atom is -0.870 e. The van der Waals surface area contributed by atoms with E-state index in [4.69, 9.17) is 0 Å². The van der Waals surface area contributed by atoms with Gasteiger partial charge in [0, 0.05) is 5.97 Å². The predicted molar refractivity (Wildman–Crippen MR) is 94.2 cm³/mol. The van der Waals surface area contributed by atoms with E-state index >= 15 is 0 Å². The maximum absolute atomic E-state index is 10.2. The molecule has 0 saturated carbocycles. The number of carboxylic acid groups (broad SMARTS) is 1. The van der Waals surface area contributed by atoms with E-state index in [1.807, 2.05) is 0 Å². The third kappa shape index (κ3) is 30.4. The van der Waals surface area contributed by atoms with Crippen LogP contribution in [-0.4, -0.2) is 34.3 Å². The minimum atomic E-state index is -0.903. The molecule has 0 rings (SSSR count). The Bertz CT molecular complexity index is 213. The monoisotopic (exact) mass is 344 g/mol. The van der Waals surface area contributed by atoms with Crippen molar-refractivity contribution in [1.29, 1.82) is 0 Å². The number of carboxylic acids is 1. The van der Waals surface area contributed by atoms with Crippen molar-refractivity contribution < 1.29 is 20.9 Å². The van der Waals surface area contributed by atoms with Gasteiger partial charge in [-0.25, -0.2) is 0 Å². The van der Waals surface area contributed by atoms with E-state index in [2.05, 4.69) is 6.92 Å². The summed E-state index contributed by atoms with van der Waals surface area (Å²) >= 11 is 0. The van der Waals surface area contributed by atoms with Crippen molar-refractivity contribution in [1.82, 2.24) is 0 Å². The molecule has 0 bridgehead atoms. The van der Waals surface area contributed by atoms with Crippen molar-refractivity contribution in [2.75, 3.05) is 0 Å². The van der Waals surface area contributed by atoms with E-state index in [-0.39, 0.29) is 34.7 Å². The van der Waals surface area contributed by atoms with Gasteiger partial charge in [0.1, 0.15) is 0 Å². The van der Waals surface area contributed by atoms with Crippen LogP contribution in [0.1, 0.15) is 110 Å². The number of rotatable bonds is 16. The molecule has 0 radical (unpaired) electrons. The molecule has 0 aromatic carbocycles. The summed E-state index contributed by atoms with van der Waals surface area (Å²) in [5.41, 5.74) is 0. The Labute approximate surface area is 154 Å². The Balaban J connectivity index is -0.000000602. The fourth-order valence-corrected chi connectivity index (χ4v) is 2.64. The standard InChI is InChI=1S/C18H36O2.Al.2H2O/c1-2-3-4-5-6-7-8-9-10-11-12-13-14-15-16-17-18(19)20;;;/h2-17H2,1H3,(H,19,20);;2*1H2/q;+3;;/p-3. The molecule has 0 aromatic heterocycles. The minimum absolute atomic E-state index is 0. The van der Waals surface area contributed by atoms with Crippen LogP contribution in [0.3, 0.4) is 0 Å². The number of carbonyl (C=O) groups excluding carboxylic acids is 1. The first kappa shape index (κ1) is 30.8. The first-order chi connectivity index (χ1) is 9.77. The van der Waals surface area contributed by atoms with E-state index in [1.165, 1.54) is 83.5 Å². The molecule has 2 N–H and O–H groups in total. The molecule has 23 heavy (non-hydrogen) atoms. The van der Waals surface area contributed by atoms with Crippen LogP contribution in [0.5, 0.6) is 0 Å². The van der Waals surface area contributed by atoms with Gasteiger partial charge in [0.15, 0.2) is 0 Å². The summed E-state index contributed by atoms with van der Waals surface area (Å²) in [7, 11) is 0. The third-order valence-corrected chi connectivity index (χ3v) is 3.98. The first-order valence-electron chi connectivity index (χ1n) is 8.97. The Morgan fingerprint density at radius 1 is 0.609 bits per heavy atom. The van der Waals surface area contributed by atoms with E-state index < -0.39 is 5.97 Å². The molecular formula is C18H37AlO4. The smallest absolute Gasteiger partial charge is 0.870 e. The number of hydrogen-bond donors (Lipinski definition) is 0. The van der Waals surface area contributed by atoms with Crippen LogP contribution in [0.15, 0.2) is 0 Å². The van der Waals surface area contributed by atoms with Gasteiger partial charge in [-0.05, 0) is 12.8 Å². The van der Waals surface area contributed by atoms with Crippen molar-refractivity contribution in [2.24, 2.45) is 0 Å². The van der Waals surface area contributed by atoms with Gasteiger partial charge < -0.3 is 20.9 Å². The summed E-state index contributed by atoms with van der Waals surface area (Å²) in [5, 5.41) is 10.2. The predicted octanol–water partition coefficient (Wildman–Crippen LogP) is 4.26. The summed E-state index contributed by atoms with van der Waals surface area (Å²) < 4.78 is 0. The van der Waals surface area contributed by atoms with Gasteiger partial charge >= 0.3 is 17.4 Å². The van der Waals surface area contributed by atoms with Gasteiger partial charge in [-0.2, -0.15) is 0 Å². The largest absolute Gasteiger partial charge is 3.00 e. The zero-order chi connectivity index (χ0) is 14.9.